The van der Waals surface area contributed by atoms with Gasteiger partial charge in [0, 0.05) is 11.3 Å². The Bertz CT molecular complexity index is 527. The highest BCUT2D eigenvalue weighted by Crippen LogP contribution is 2.18. The van der Waals surface area contributed by atoms with Crippen LogP contribution in [0.15, 0.2) is 24.3 Å². The molecule has 0 unspecified atom stereocenters. The van der Waals surface area contributed by atoms with Gasteiger partial charge in [-0.1, -0.05) is 20.8 Å². The molecule has 0 atom stereocenters. The second kappa shape index (κ2) is 4.97. The smallest absolute Gasteiger partial charge is 0.233 e. The predicted octanol–water partition coefficient (Wildman–Crippen LogP) is 1.76. The van der Waals surface area contributed by atoms with Crippen LogP contribution in [0.3, 0.4) is 0 Å². The molecule has 1 rings (SSSR count). The van der Waals surface area contributed by atoms with Crippen molar-refractivity contribution in [2.75, 3.05) is 10.5 Å². The van der Waals surface area contributed by atoms with E-state index >= 15 is 0 Å². The Morgan fingerprint density at radius 1 is 1.28 bits per heavy atom. The van der Waals surface area contributed by atoms with Crippen LogP contribution in [0.1, 0.15) is 26.3 Å². The summed E-state index contributed by atoms with van der Waals surface area (Å²) in [4.78, 5) is 0. The zero-order valence-electron chi connectivity index (χ0n) is 10.8. The van der Waals surface area contributed by atoms with Gasteiger partial charge in [0.25, 0.3) is 0 Å². The van der Waals surface area contributed by atoms with Gasteiger partial charge in [-0.3, -0.25) is 10.1 Å². The topological polar surface area (TPSA) is 96.0 Å². The lowest BCUT2D eigenvalue weighted by Gasteiger charge is -2.18. The Morgan fingerprint density at radius 2 is 1.78 bits per heavy atom. The van der Waals surface area contributed by atoms with Crippen molar-refractivity contribution in [2.24, 2.45) is 11.1 Å². The highest BCUT2D eigenvalue weighted by molar-refractivity contribution is 7.92. The van der Waals surface area contributed by atoms with Gasteiger partial charge in [-0.2, -0.15) is 0 Å². The van der Waals surface area contributed by atoms with Gasteiger partial charge in [0.15, 0.2) is 0 Å². The van der Waals surface area contributed by atoms with Crippen molar-refractivity contribution in [3.8, 4) is 0 Å². The van der Waals surface area contributed by atoms with Gasteiger partial charge in [0.05, 0.1) is 5.75 Å². The van der Waals surface area contributed by atoms with E-state index in [1.54, 1.807) is 24.3 Å². The Labute approximate surface area is 108 Å². The molecule has 1 aromatic carbocycles. The number of rotatable bonds is 4. The van der Waals surface area contributed by atoms with Crippen molar-refractivity contribution in [3.05, 3.63) is 29.8 Å². The summed E-state index contributed by atoms with van der Waals surface area (Å²) in [6, 6.07) is 6.41. The first-order valence-electron chi connectivity index (χ1n) is 5.54. The molecule has 0 aliphatic carbocycles. The van der Waals surface area contributed by atoms with Crippen LogP contribution in [0.25, 0.3) is 0 Å². The fourth-order valence-electron chi connectivity index (χ4n) is 1.50. The third kappa shape index (κ3) is 4.75. The summed E-state index contributed by atoms with van der Waals surface area (Å²) in [6.45, 7) is 5.60. The predicted molar refractivity (Wildman–Crippen MR) is 74.3 cm³/mol. The van der Waals surface area contributed by atoms with Crippen molar-refractivity contribution in [1.29, 1.82) is 5.41 Å². The molecule has 0 bridgehead atoms. The molecule has 0 saturated heterocycles. The molecule has 18 heavy (non-hydrogen) atoms. The van der Waals surface area contributed by atoms with E-state index in [4.69, 9.17) is 11.1 Å². The molecular formula is C12H19N3O2S. The van der Waals surface area contributed by atoms with Crippen LogP contribution in [0.4, 0.5) is 5.69 Å². The van der Waals surface area contributed by atoms with Crippen molar-refractivity contribution >= 4 is 21.5 Å². The molecule has 0 amide bonds. The first-order chi connectivity index (χ1) is 8.09. The quantitative estimate of drug-likeness (QED) is 0.574. The molecule has 0 aromatic heterocycles. The summed E-state index contributed by atoms with van der Waals surface area (Å²) in [5.74, 6) is 0.00756. The lowest BCUT2D eigenvalue weighted by Crippen LogP contribution is -2.26. The standard InChI is InChI=1S/C12H19N3O2S/c1-12(2,3)8-18(16,17)15-10-6-4-9(5-7-10)11(13)14/h4-7,15H,8H2,1-3H3,(H3,13,14). The number of hydrogen-bond donors (Lipinski definition) is 3. The molecule has 0 aliphatic rings. The lowest BCUT2D eigenvalue weighted by molar-refractivity contribution is 0.463. The van der Waals surface area contributed by atoms with E-state index in [1.807, 2.05) is 20.8 Å². The molecule has 0 fully saturated rings. The molecule has 0 aliphatic heterocycles. The second-order valence-corrected chi connectivity index (χ2v) is 7.14. The molecule has 0 heterocycles. The number of hydrogen-bond acceptors (Lipinski definition) is 3. The number of sulfonamides is 1. The molecule has 5 nitrogen and oxygen atoms in total. The summed E-state index contributed by atoms with van der Waals surface area (Å²) in [5, 5.41) is 7.24. The minimum absolute atomic E-state index is 0.0425. The van der Waals surface area contributed by atoms with Crippen molar-refractivity contribution in [3.63, 3.8) is 0 Å². The average Bonchev–Trinajstić information content (AvgIpc) is 2.13. The van der Waals surface area contributed by atoms with Crippen molar-refractivity contribution in [2.45, 2.75) is 20.8 Å². The number of amidine groups is 1. The number of nitrogens with one attached hydrogen (secondary N) is 2. The third-order valence-electron chi connectivity index (χ3n) is 2.09. The van der Waals surface area contributed by atoms with Gasteiger partial charge in [0.1, 0.15) is 5.84 Å². The van der Waals surface area contributed by atoms with E-state index < -0.39 is 10.0 Å². The fraction of sp³-hybridized carbons (Fsp3) is 0.417. The molecule has 0 spiro atoms. The van der Waals surface area contributed by atoms with Crippen molar-refractivity contribution in [1.82, 2.24) is 0 Å². The van der Waals surface area contributed by atoms with E-state index in [-0.39, 0.29) is 17.0 Å². The van der Waals surface area contributed by atoms with Crippen molar-refractivity contribution < 1.29 is 8.42 Å². The monoisotopic (exact) mass is 269 g/mol. The maximum absolute atomic E-state index is 11.9. The molecule has 0 radical (unpaired) electrons. The molecule has 6 heteroatoms. The number of anilines is 1. The molecule has 0 saturated carbocycles. The Morgan fingerprint density at radius 3 is 2.17 bits per heavy atom. The third-order valence-corrected chi connectivity index (χ3v) is 3.89. The number of benzene rings is 1. The van der Waals surface area contributed by atoms with Crippen LogP contribution in [-0.4, -0.2) is 20.0 Å². The SMILES string of the molecule is CC(C)(C)CS(=O)(=O)Nc1ccc(C(=N)N)cc1. The van der Waals surface area contributed by atoms with Crippen LogP contribution in [0.2, 0.25) is 0 Å². The fourth-order valence-corrected chi connectivity index (χ4v) is 3.21. The lowest BCUT2D eigenvalue weighted by atomic mass is 10.0. The van der Waals surface area contributed by atoms with E-state index in [0.29, 0.717) is 11.3 Å². The highest BCUT2D eigenvalue weighted by atomic mass is 32.2. The summed E-state index contributed by atoms with van der Waals surface area (Å²) in [7, 11) is -3.36. The van der Waals surface area contributed by atoms with E-state index in [1.165, 1.54) is 0 Å². The Kier molecular flexibility index (Phi) is 4.01. The second-order valence-electron chi connectivity index (χ2n) is 5.41. The summed E-state index contributed by atoms with van der Waals surface area (Å²) >= 11 is 0. The van der Waals surface area contributed by atoms with E-state index in [0.717, 1.165) is 0 Å². The van der Waals surface area contributed by atoms with Crippen LogP contribution in [-0.2, 0) is 10.0 Å². The maximum Gasteiger partial charge on any atom is 0.233 e. The number of nitrogen functional groups attached to an aromatic ring is 1. The van der Waals surface area contributed by atoms with Crippen LogP contribution < -0.4 is 10.5 Å². The van der Waals surface area contributed by atoms with Gasteiger partial charge < -0.3 is 5.73 Å². The van der Waals surface area contributed by atoms with E-state index in [2.05, 4.69) is 4.72 Å². The van der Waals surface area contributed by atoms with Crippen LogP contribution in [0, 0.1) is 10.8 Å². The minimum Gasteiger partial charge on any atom is -0.384 e. The molecule has 1 aromatic rings. The zero-order chi connectivity index (χ0) is 14.0. The highest BCUT2D eigenvalue weighted by Gasteiger charge is 2.21. The normalized spacial score (nSPS) is 12.2. The maximum atomic E-state index is 11.9. The van der Waals surface area contributed by atoms with Gasteiger partial charge >= 0.3 is 0 Å². The minimum atomic E-state index is -3.36. The van der Waals surface area contributed by atoms with Gasteiger partial charge in [0.2, 0.25) is 10.0 Å². The average molecular weight is 269 g/mol. The summed E-state index contributed by atoms with van der Waals surface area (Å²) < 4.78 is 26.2. The first-order valence-corrected chi connectivity index (χ1v) is 7.19. The summed E-state index contributed by atoms with van der Waals surface area (Å²) in [5.41, 5.74) is 6.06. The first kappa shape index (κ1) is 14.5. The largest absolute Gasteiger partial charge is 0.384 e. The van der Waals surface area contributed by atoms with Gasteiger partial charge in [-0.15, -0.1) is 0 Å². The van der Waals surface area contributed by atoms with E-state index in [9.17, 15) is 8.42 Å². The zero-order valence-corrected chi connectivity index (χ0v) is 11.6. The molecule has 100 valence electrons. The number of nitrogens with two attached hydrogens (primary N) is 1. The Balaban J connectivity index is 2.82. The van der Waals surface area contributed by atoms with Gasteiger partial charge in [-0.05, 0) is 29.7 Å². The van der Waals surface area contributed by atoms with Gasteiger partial charge in [-0.25, -0.2) is 8.42 Å². The summed E-state index contributed by atoms with van der Waals surface area (Å²) in [6.07, 6.45) is 0. The molecular weight excluding hydrogens is 250 g/mol. The molecule has 4 N–H and O–H groups in total. The van der Waals surface area contributed by atoms with Crippen LogP contribution in [0.5, 0.6) is 0 Å². The van der Waals surface area contributed by atoms with Crippen LogP contribution >= 0.6 is 0 Å². The Hall–Kier alpha value is -1.56.